The van der Waals surface area contributed by atoms with Crippen molar-refractivity contribution in [2.45, 2.75) is 19.9 Å². The minimum Gasteiger partial charge on any atom is -0.482 e. The van der Waals surface area contributed by atoms with E-state index in [1.54, 1.807) is 44.2 Å². The van der Waals surface area contributed by atoms with Gasteiger partial charge in [0.15, 0.2) is 11.4 Å². The van der Waals surface area contributed by atoms with Gasteiger partial charge in [-0.1, -0.05) is 35.6 Å². The number of rotatable bonds is 7. The summed E-state index contributed by atoms with van der Waals surface area (Å²) in [6.07, 6.45) is 1.68. The first kappa shape index (κ1) is 24.1. The molecule has 3 aromatic rings. The third-order valence-corrected chi connectivity index (χ3v) is 6.23. The zero-order valence-electron chi connectivity index (χ0n) is 18.9. The number of halogens is 1. The minimum atomic E-state index is -1.08. The molecule has 1 atom stereocenters. The monoisotopic (exact) mass is 496 g/mol. The third kappa shape index (κ3) is 5.07. The van der Waals surface area contributed by atoms with Crippen molar-refractivity contribution in [2.24, 2.45) is 4.99 Å². The molecule has 0 spiro atoms. The number of hydrogen-bond acceptors (Lipinski definition) is 7. The number of allylic oxidation sites excluding steroid dienone is 1. The van der Waals surface area contributed by atoms with Crippen LogP contribution < -0.4 is 19.6 Å². The van der Waals surface area contributed by atoms with E-state index < -0.39 is 30.4 Å². The molecule has 2 heterocycles. The van der Waals surface area contributed by atoms with Crippen molar-refractivity contribution in [1.29, 1.82) is 0 Å². The molecular formula is C25H21FN2O6S. The summed E-state index contributed by atoms with van der Waals surface area (Å²) >= 11 is 1.17. The number of esters is 1. The van der Waals surface area contributed by atoms with Gasteiger partial charge in [-0.15, -0.1) is 0 Å². The molecule has 1 N–H and O–H groups in total. The number of carboxylic acid groups (broad SMARTS) is 1. The molecule has 0 radical (unpaired) electrons. The van der Waals surface area contributed by atoms with Crippen LogP contribution >= 0.6 is 11.3 Å². The highest BCUT2D eigenvalue weighted by molar-refractivity contribution is 7.07. The van der Waals surface area contributed by atoms with Crippen LogP contribution in [0.4, 0.5) is 4.39 Å². The van der Waals surface area contributed by atoms with Gasteiger partial charge in [0, 0.05) is 0 Å². The lowest BCUT2D eigenvalue weighted by Gasteiger charge is -2.24. The summed E-state index contributed by atoms with van der Waals surface area (Å²) in [4.78, 5) is 41.9. The molecule has 0 amide bonds. The number of fused-ring (bicyclic) bond motifs is 1. The molecule has 8 nitrogen and oxygen atoms in total. The van der Waals surface area contributed by atoms with Crippen LogP contribution in [0.3, 0.4) is 0 Å². The Labute approximate surface area is 202 Å². The number of thiazole rings is 1. The van der Waals surface area contributed by atoms with Crippen molar-refractivity contribution in [3.05, 3.63) is 96.4 Å². The molecule has 10 heteroatoms. The Morgan fingerprint density at radius 3 is 2.49 bits per heavy atom. The summed E-state index contributed by atoms with van der Waals surface area (Å²) in [6.45, 7) is 3.06. The fourth-order valence-corrected chi connectivity index (χ4v) is 4.76. The lowest BCUT2D eigenvalue weighted by molar-refractivity contribution is -0.140. The molecule has 2 aromatic carbocycles. The van der Waals surface area contributed by atoms with Crippen molar-refractivity contribution in [2.75, 3.05) is 13.2 Å². The zero-order valence-corrected chi connectivity index (χ0v) is 19.7. The highest BCUT2D eigenvalue weighted by atomic mass is 32.1. The van der Waals surface area contributed by atoms with Crippen LogP contribution in [0, 0.1) is 5.82 Å². The Morgan fingerprint density at radius 1 is 1.17 bits per heavy atom. The van der Waals surface area contributed by atoms with Gasteiger partial charge in [0.25, 0.3) is 5.56 Å². The molecule has 1 aromatic heterocycles. The van der Waals surface area contributed by atoms with E-state index in [4.69, 9.17) is 14.6 Å². The Balaban J connectivity index is 1.81. The summed E-state index contributed by atoms with van der Waals surface area (Å²) in [5.74, 6) is -1.72. The first-order chi connectivity index (χ1) is 16.8. The molecule has 180 valence electrons. The predicted molar refractivity (Wildman–Crippen MR) is 126 cm³/mol. The first-order valence-electron chi connectivity index (χ1n) is 10.7. The normalized spacial score (nSPS) is 15.4. The lowest BCUT2D eigenvalue weighted by atomic mass is 9.96. The molecule has 0 bridgehead atoms. The highest BCUT2D eigenvalue weighted by Crippen LogP contribution is 2.30. The second-order valence-corrected chi connectivity index (χ2v) is 8.61. The van der Waals surface area contributed by atoms with E-state index in [1.807, 2.05) is 0 Å². The van der Waals surface area contributed by atoms with E-state index in [0.717, 1.165) is 0 Å². The van der Waals surface area contributed by atoms with Crippen molar-refractivity contribution in [3.8, 4) is 5.75 Å². The third-order valence-electron chi connectivity index (χ3n) is 5.24. The smallest absolute Gasteiger partial charge is 0.341 e. The molecule has 0 saturated carbocycles. The Kier molecular flexibility index (Phi) is 6.92. The van der Waals surface area contributed by atoms with Crippen LogP contribution in [-0.4, -0.2) is 34.8 Å². The van der Waals surface area contributed by atoms with Crippen LogP contribution in [0.25, 0.3) is 6.08 Å². The molecular weight excluding hydrogens is 475 g/mol. The van der Waals surface area contributed by atoms with Gasteiger partial charge in [-0.05, 0) is 55.3 Å². The molecule has 0 fully saturated rings. The number of carboxylic acids is 1. The zero-order chi connectivity index (χ0) is 25.1. The number of carbonyl (C=O) groups excluding carboxylic acids is 1. The van der Waals surface area contributed by atoms with Gasteiger partial charge < -0.3 is 14.6 Å². The average Bonchev–Trinajstić information content (AvgIpc) is 3.12. The topological polar surface area (TPSA) is 107 Å². The van der Waals surface area contributed by atoms with Gasteiger partial charge in [0.05, 0.1) is 28.5 Å². The maximum Gasteiger partial charge on any atom is 0.341 e. The molecule has 0 aliphatic carbocycles. The molecule has 1 aliphatic rings. The first-order valence-corrected chi connectivity index (χ1v) is 11.5. The molecule has 0 saturated heterocycles. The molecule has 1 aliphatic heterocycles. The van der Waals surface area contributed by atoms with Crippen molar-refractivity contribution in [3.63, 3.8) is 0 Å². The Bertz CT molecular complexity index is 1490. The van der Waals surface area contributed by atoms with E-state index in [1.165, 1.54) is 40.2 Å². The largest absolute Gasteiger partial charge is 0.482 e. The number of hydrogen-bond donors (Lipinski definition) is 1. The van der Waals surface area contributed by atoms with Crippen LogP contribution in [0.15, 0.2) is 69.6 Å². The Hall–Kier alpha value is -4.05. The quantitative estimate of drug-likeness (QED) is 0.504. The van der Waals surface area contributed by atoms with E-state index in [2.05, 4.69) is 4.99 Å². The minimum absolute atomic E-state index is 0.155. The van der Waals surface area contributed by atoms with Gasteiger partial charge in [-0.2, -0.15) is 0 Å². The van der Waals surface area contributed by atoms with Gasteiger partial charge in [-0.25, -0.2) is 19.0 Å². The number of aromatic nitrogens is 1. The van der Waals surface area contributed by atoms with Gasteiger partial charge in [-0.3, -0.25) is 9.36 Å². The second kappa shape index (κ2) is 10.1. The van der Waals surface area contributed by atoms with E-state index in [0.29, 0.717) is 31.9 Å². The van der Waals surface area contributed by atoms with Crippen LogP contribution in [0.5, 0.6) is 5.75 Å². The summed E-state index contributed by atoms with van der Waals surface area (Å²) in [5.41, 5.74) is 1.53. The summed E-state index contributed by atoms with van der Waals surface area (Å²) < 4.78 is 25.8. The summed E-state index contributed by atoms with van der Waals surface area (Å²) in [6, 6.07) is 11.4. The van der Waals surface area contributed by atoms with E-state index in [9.17, 15) is 18.8 Å². The van der Waals surface area contributed by atoms with Crippen LogP contribution in [0.1, 0.15) is 31.0 Å². The van der Waals surface area contributed by atoms with E-state index >= 15 is 0 Å². The molecule has 4 rings (SSSR count). The van der Waals surface area contributed by atoms with Crippen molar-refractivity contribution >= 4 is 29.4 Å². The second-order valence-electron chi connectivity index (χ2n) is 7.61. The average molecular weight is 497 g/mol. The fraction of sp³-hybridized carbons (Fsp3) is 0.200. The molecule has 35 heavy (non-hydrogen) atoms. The number of aliphatic carboxylic acids is 1. The lowest BCUT2D eigenvalue weighted by Crippen LogP contribution is -2.39. The highest BCUT2D eigenvalue weighted by Gasteiger charge is 2.33. The summed E-state index contributed by atoms with van der Waals surface area (Å²) in [5, 5.41) is 8.73. The number of benzene rings is 2. The van der Waals surface area contributed by atoms with Gasteiger partial charge in [0.1, 0.15) is 11.6 Å². The maximum atomic E-state index is 13.6. The molecule has 0 unspecified atom stereocenters. The fourth-order valence-electron chi connectivity index (χ4n) is 3.71. The van der Waals surface area contributed by atoms with Crippen LogP contribution in [0.2, 0.25) is 0 Å². The Morgan fingerprint density at radius 2 is 1.86 bits per heavy atom. The van der Waals surface area contributed by atoms with Crippen molar-refractivity contribution in [1.82, 2.24) is 4.57 Å². The van der Waals surface area contributed by atoms with E-state index in [-0.39, 0.29) is 17.7 Å². The number of nitrogens with zero attached hydrogens (tertiary/aromatic N) is 2. The number of ether oxygens (including phenoxy) is 2. The van der Waals surface area contributed by atoms with Gasteiger partial charge in [0.2, 0.25) is 0 Å². The predicted octanol–water partition coefficient (Wildman–Crippen LogP) is 2.40. The maximum absolute atomic E-state index is 13.6. The van der Waals surface area contributed by atoms with Crippen LogP contribution in [-0.2, 0) is 14.3 Å². The summed E-state index contributed by atoms with van der Waals surface area (Å²) in [7, 11) is 0. The van der Waals surface area contributed by atoms with Crippen molar-refractivity contribution < 1.29 is 28.6 Å². The standard InChI is InChI=1S/C25H21FN2O6S/c1-3-33-24(32)21-14(2)27-25-28(22(21)16-6-8-17(26)9-7-16)23(31)19(35-25)12-15-4-10-18(11-5-15)34-13-20(29)30/h4-12,22H,3,13H2,1-2H3,(H,29,30)/t22-/m0/s1. The van der Waals surface area contributed by atoms with Gasteiger partial charge >= 0.3 is 11.9 Å². The SMILES string of the molecule is CCOC(=O)C1=C(C)N=c2sc(=Cc3ccc(OCC(=O)O)cc3)c(=O)n2[C@H]1c1ccc(F)cc1. The number of carbonyl (C=O) groups is 2.